The lowest BCUT2D eigenvalue weighted by molar-refractivity contribution is 0.274. The predicted octanol–water partition coefficient (Wildman–Crippen LogP) is 3.43. The zero-order valence-electron chi connectivity index (χ0n) is 12.7. The van der Waals surface area contributed by atoms with Crippen molar-refractivity contribution in [2.75, 3.05) is 13.1 Å². The second-order valence-electron chi connectivity index (χ2n) is 6.83. The lowest BCUT2D eigenvalue weighted by atomic mass is 9.87. The Kier molecular flexibility index (Phi) is 4.74. The number of hydrogen-bond acceptors (Lipinski definition) is 2. The highest BCUT2D eigenvalue weighted by Gasteiger charge is 2.26. The van der Waals surface area contributed by atoms with Crippen LogP contribution >= 0.6 is 0 Å². The molecule has 1 saturated heterocycles. The maximum absolute atomic E-state index is 3.91. The van der Waals surface area contributed by atoms with E-state index in [4.69, 9.17) is 0 Å². The molecule has 1 aliphatic carbocycles. The van der Waals surface area contributed by atoms with Gasteiger partial charge in [-0.3, -0.25) is 4.90 Å². The summed E-state index contributed by atoms with van der Waals surface area (Å²) < 4.78 is 0. The zero-order valence-corrected chi connectivity index (χ0v) is 12.7. The molecule has 110 valence electrons. The van der Waals surface area contributed by atoms with E-state index in [-0.39, 0.29) is 0 Å². The van der Waals surface area contributed by atoms with Gasteiger partial charge >= 0.3 is 0 Å². The van der Waals surface area contributed by atoms with Crippen LogP contribution in [0.25, 0.3) is 0 Å². The molecule has 2 aliphatic rings. The largest absolute Gasteiger partial charge is 0.310 e. The number of nitrogens with zero attached hydrogens (tertiary/aromatic N) is 1. The average Bonchev–Trinajstić information content (AvgIpc) is 2.90. The minimum atomic E-state index is 0.720. The zero-order chi connectivity index (χ0) is 13.8. The van der Waals surface area contributed by atoms with E-state index in [9.17, 15) is 0 Å². The van der Waals surface area contributed by atoms with Gasteiger partial charge in [0.05, 0.1) is 0 Å². The minimum Gasteiger partial charge on any atom is -0.310 e. The Bertz CT molecular complexity index is 395. The van der Waals surface area contributed by atoms with Crippen LogP contribution in [0.15, 0.2) is 30.3 Å². The normalized spacial score (nSPS) is 31.6. The van der Waals surface area contributed by atoms with E-state index in [1.54, 1.807) is 0 Å². The molecule has 0 spiro atoms. The van der Waals surface area contributed by atoms with Crippen LogP contribution in [0.5, 0.6) is 0 Å². The van der Waals surface area contributed by atoms with Gasteiger partial charge in [0.1, 0.15) is 0 Å². The topological polar surface area (TPSA) is 15.3 Å². The number of nitrogens with one attached hydrogen (secondary N) is 1. The first kappa shape index (κ1) is 14.1. The van der Waals surface area contributed by atoms with Crippen molar-refractivity contribution in [2.45, 2.75) is 57.7 Å². The summed E-state index contributed by atoms with van der Waals surface area (Å²) in [5, 5.41) is 3.91. The third-order valence-electron chi connectivity index (χ3n) is 5.01. The molecule has 0 radical (unpaired) electrons. The summed E-state index contributed by atoms with van der Waals surface area (Å²) in [5.41, 5.74) is 1.44. The van der Waals surface area contributed by atoms with Gasteiger partial charge in [-0.2, -0.15) is 0 Å². The highest BCUT2D eigenvalue weighted by atomic mass is 15.2. The molecular weight excluding hydrogens is 244 g/mol. The Labute approximate surface area is 123 Å². The molecule has 0 aromatic heterocycles. The van der Waals surface area contributed by atoms with Gasteiger partial charge in [-0.05, 0) is 43.6 Å². The Morgan fingerprint density at radius 2 is 1.75 bits per heavy atom. The molecule has 1 aromatic carbocycles. The summed E-state index contributed by atoms with van der Waals surface area (Å²) >= 11 is 0. The Morgan fingerprint density at radius 3 is 2.50 bits per heavy atom. The fourth-order valence-electron chi connectivity index (χ4n) is 3.71. The molecule has 0 amide bonds. The number of hydrogen-bond donors (Lipinski definition) is 1. The van der Waals surface area contributed by atoms with Crippen molar-refractivity contribution >= 4 is 0 Å². The van der Waals surface area contributed by atoms with Gasteiger partial charge in [0.25, 0.3) is 0 Å². The smallest absolute Gasteiger partial charge is 0.0234 e. The predicted molar refractivity (Wildman–Crippen MR) is 84.7 cm³/mol. The molecule has 1 aliphatic heterocycles. The number of rotatable bonds is 4. The quantitative estimate of drug-likeness (QED) is 0.903. The van der Waals surface area contributed by atoms with Crippen molar-refractivity contribution in [3.05, 3.63) is 35.9 Å². The van der Waals surface area contributed by atoms with E-state index >= 15 is 0 Å². The van der Waals surface area contributed by atoms with E-state index in [0.717, 1.165) is 24.5 Å². The molecule has 2 nitrogen and oxygen atoms in total. The third kappa shape index (κ3) is 3.83. The van der Waals surface area contributed by atoms with Gasteiger partial charge in [0.2, 0.25) is 0 Å². The molecule has 1 atom stereocenters. The SMILES string of the molecule is CC1CCC(NC2CCN(Cc3ccccc3)C2)CC1. The molecule has 2 fully saturated rings. The van der Waals surface area contributed by atoms with Crippen molar-refractivity contribution < 1.29 is 0 Å². The van der Waals surface area contributed by atoms with Crippen LogP contribution in [0.4, 0.5) is 0 Å². The molecule has 1 aromatic rings. The Morgan fingerprint density at radius 1 is 1.00 bits per heavy atom. The molecule has 1 N–H and O–H groups in total. The van der Waals surface area contributed by atoms with Gasteiger partial charge < -0.3 is 5.32 Å². The van der Waals surface area contributed by atoms with E-state index in [1.165, 1.54) is 50.8 Å². The summed E-state index contributed by atoms with van der Waals surface area (Å²) in [4.78, 5) is 2.60. The minimum absolute atomic E-state index is 0.720. The van der Waals surface area contributed by atoms with Gasteiger partial charge in [-0.15, -0.1) is 0 Å². The van der Waals surface area contributed by atoms with Crippen molar-refractivity contribution in [3.8, 4) is 0 Å². The third-order valence-corrected chi connectivity index (χ3v) is 5.01. The highest BCUT2D eigenvalue weighted by molar-refractivity contribution is 5.14. The standard InChI is InChI=1S/C18H28N2/c1-15-7-9-17(10-8-15)19-18-11-12-20(14-18)13-16-5-3-2-4-6-16/h2-6,15,17-19H,7-14H2,1H3. The monoisotopic (exact) mass is 272 g/mol. The van der Waals surface area contributed by atoms with Crippen LogP contribution in [0.3, 0.4) is 0 Å². The number of benzene rings is 1. The molecular formula is C18H28N2. The molecule has 1 saturated carbocycles. The summed E-state index contributed by atoms with van der Waals surface area (Å²) in [6.07, 6.45) is 6.92. The van der Waals surface area contributed by atoms with Crippen molar-refractivity contribution in [1.29, 1.82) is 0 Å². The van der Waals surface area contributed by atoms with Crippen molar-refractivity contribution in [3.63, 3.8) is 0 Å². The maximum Gasteiger partial charge on any atom is 0.0234 e. The first-order valence-electron chi connectivity index (χ1n) is 8.32. The van der Waals surface area contributed by atoms with Crippen LogP contribution < -0.4 is 5.32 Å². The van der Waals surface area contributed by atoms with E-state index in [1.807, 2.05) is 0 Å². The average molecular weight is 272 g/mol. The molecule has 3 rings (SSSR count). The van der Waals surface area contributed by atoms with Crippen molar-refractivity contribution in [2.24, 2.45) is 5.92 Å². The first-order chi connectivity index (χ1) is 9.79. The van der Waals surface area contributed by atoms with Crippen LogP contribution in [-0.4, -0.2) is 30.1 Å². The van der Waals surface area contributed by atoms with Crippen LogP contribution in [0.2, 0.25) is 0 Å². The van der Waals surface area contributed by atoms with Crippen LogP contribution in [-0.2, 0) is 6.54 Å². The second-order valence-corrected chi connectivity index (χ2v) is 6.83. The summed E-state index contributed by atoms with van der Waals surface area (Å²) in [6.45, 7) is 5.98. The Hall–Kier alpha value is -0.860. The second kappa shape index (κ2) is 6.73. The van der Waals surface area contributed by atoms with E-state index in [2.05, 4.69) is 47.5 Å². The van der Waals surface area contributed by atoms with Crippen LogP contribution in [0.1, 0.15) is 44.6 Å². The summed E-state index contributed by atoms with van der Waals surface area (Å²) in [6, 6.07) is 12.4. The fraction of sp³-hybridized carbons (Fsp3) is 0.667. The molecule has 2 heteroatoms. The highest BCUT2D eigenvalue weighted by Crippen LogP contribution is 2.24. The van der Waals surface area contributed by atoms with E-state index < -0.39 is 0 Å². The lowest BCUT2D eigenvalue weighted by Gasteiger charge is -2.29. The van der Waals surface area contributed by atoms with Crippen LogP contribution in [0, 0.1) is 5.92 Å². The maximum atomic E-state index is 3.91. The van der Waals surface area contributed by atoms with E-state index in [0.29, 0.717) is 0 Å². The lowest BCUT2D eigenvalue weighted by Crippen LogP contribution is -2.41. The summed E-state index contributed by atoms with van der Waals surface area (Å²) in [5.74, 6) is 0.950. The van der Waals surface area contributed by atoms with Gasteiger partial charge in [-0.25, -0.2) is 0 Å². The fourth-order valence-corrected chi connectivity index (χ4v) is 3.71. The molecule has 0 bridgehead atoms. The Balaban J connectivity index is 1.43. The van der Waals surface area contributed by atoms with Gasteiger partial charge in [0.15, 0.2) is 0 Å². The number of likely N-dealkylation sites (tertiary alicyclic amines) is 1. The molecule has 1 heterocycles. The molecule has 1 unspecified atom stereocenters. The van der Waals surface area contributed by atoms with Gasteiger partial charge in [-0.1, -0.05) is 37.3 Å². The summed E-state index contributed by atoms with van der Waals surface area (Å²) in [7, 11) is 0. The van der Waals surface area contributed by atoms with Gasteiger partial charge in [0, 0.05) is 31.7 Å². The van der Waals surface area contributed by atoms with Crippen molar-refractivity contribution in [1.82, 2.24) is 10.2 Å². The first-order valence-corrected chi connectivity index (χ1v) is 8.32. The molecule has 20 heavy (non-hydrogen) atoms.